The lowest BCUT2D eigenvalue weighted by atomic mass is 9.92. The van der Waals surface area contributed by atoms with E-state index in [0.29, 0.717) is 23.7 Å². The van der Waals surface area contributed by atoms with E-state index in [1.54, 1.807) is 9.21 Å². The van der Waals surface area contributed by atoms with Crippen molar-refractivity contribution in [1.29, 1.82) is 0 Å². The normalized spacial score (nSPS) is 16.4. The number of benzene rings is 8. The third kappa shape index (κ3) is 7.70. The maximum atomic E-state index is 7.23. The summed E-state index contributed by atoms with van der Waals surface area (Å²) in [5, 5.41) is 11.2. The minimum atomic E-state index is -0.349. The van der Waals surface area contributed by atoms with Crippen molar-refractivity contribution in [3.05, 3.63) is 171 Å². The second-order valence-corrected chi connectivity index (χ2v) is 24.2. The summed E-state index contributed by atoms with van der Waals surface area (Å²) in [5.74, 6) is 2.13. The standard InChI is InChI=1S/C67H65IN2O2/c1-6-43-31-36-57-58(70(50-34-29-44(30-35-50)41(2)3)60-26-14-24-56-54-22-12-20-52(46-17-9-10-18-46)65(54)72-67(56)60)37-32-47-27-28-49(62(43)63(47)57)40-69(61-38-33-48(39-68-61)42(4)5)59-25-13-23-55-53-21-11-19-51(45-15-7-8-16-45)64(53)71-66(55)59/h6,11-14,19-32,34-37,39,41-42,45-46H,7-10,15-18,33,38,40H2,1-5H3/b43-6-. The molecule has 13 rings (SSSR count). The Balaban J connectivity index is 1.01. The highest BCUT2D eigenvalue weighted by atomic mass is 127. The van der Waals surface area contributed by atoms with E-state index in [-0.39, 0.29) is 20.7 Å². The molecule has 8 aromatic carbocycles. The van der Waals surface area contributed by atoms with Crippen LogP contribution in [0, 0.1) is 5.92 Å². The summed E-state index contributed by atoms with van der Waals surface area (Å²) in [6.45, 7) is 12.2. The van der Waals surface area contributed by atoms with Gasteiger partial charge in [0, 0.05) is 39.2 Å². The van der Waals surface area contributed by atoms with E-state index >= 15 is 0 Å². The highest BCUT2D eigenvalue weighted by Gasteiger charge is 2.29. The molecular formula is C67H65IN2O2. The van der Waals surface area contributed by atoms with E-state index < -0.39 is 0 Å². The summed E-state index contributed by atoms with van der Waals surface area (Å²) < 4.78 is 18.6. The van der Waals surface area contributed by atoms with Crippen molar-refractivity contribution in [2.75, 3.05) is 9.80 Å². The van der Waals surface area contributed by atoms with Gasteiger partial charge in [-0.05, 0) is 147 Å². The Bertz CT molecular complexity index is 3840. The zero-order valence-electron chi connectivity index (χ0n) is 42.5. The largest absolute Gasteiger partial charge is 0.454 e. The first-order valence-corrected chi connectivity index (χ1v) is 29.3. The number of fused-ring (bicyclic) bond motifs is 6. The molecular weight excluding hydrogens is 992 g/mol. The Morgan fingerprint density at radius 2 is 1.12 bits per heavy atom. The summed E-state index contributed by atoms with van der Waals surface area (Å²) in [6, 6.07) is 50.9. The quantitative estimate of drug-likeness (QED) is 0.121. The van der Waals surface area contributed by atoms with Gasteiger partial charge in [0.1, 0.15) is 11.2 Å². The Kier molecular flexibility index (Phi) is 11.9. The number of halogens is 1. The molecule has 0 saturated heterocycles. The Morgan fingerprint density at radius 3 is 1.71 bits per heavy atom. The smallest absolute Gasteiger partial charge is 0.159 e. The number of para-hydroxylation sites is 4. The summed E-state index contributed by atoms with van der Waals surface area (Å²) >= 11 is -0.349. The van der Waals surface area contributed by atoms with E-state index in [4.69, 9.17) is 8.83 Å². The Morgan fingerprint density at radius 1 is 0.542 bits per heavy atom. The van der Waals surface area contributed by atoms with Gasteiger partial charge >= 0.3 is 0 Å². The molecule has 0 bridgehead atoms. The predicted octanol–water partition coefficient (Wildman–Crippen LogP) is 19.7. The Labute approximate surface area is 434 Å². The molecule has 0 N–H and O–H groups in total. The van der Waals surface area contributed by atoms with E-state index in [0.717, 1.165) is 58.8 Å². The fourth-order valence-electron chi connectivity index (χ4n) is 12.9. The topological polar surface area (TPSA) is 32.8 Å². The highest BCUT2D eigenvalue weighted by Crippen LogP contribution is 2.49. The van der Waals surface area contributed by atoms with Gasteiger partial charge in [-0.2, -0.15) is 0 Å². The summed E-state index contributed by atoms with van der Waals surface area (Å²) in [7, 11) is 0. The third-order valence-corrected chi connectivity index (χ3v) is 19.8. The predicted molar refractivity (Wildman–Crippen MR) is 316 cm³/mol. The average Bonchev–Trinajstić information content (AvgIpc) is 4.27. The molecule has 0 unspecified atom stereocenters. The van der Waals surface area contributed by atoms with Crippen LogP contribution in [0.4, 0.5) is 22.7 Å². The molecule has 2 aliphatic carbocycles. The molecule has 0 spiro atoms. The van der Waals surface area contributed by atoms with E-state index in [1.807, 2.05) is 0 Å². The van der Waals surface area contributed by atoms with Crippen molar-refractivity contribution in [3.8, 4) is 0 Å². The van der Waals surface area contributed by atoms with Crippen LogP contribution in [0.25, 0.3) is 71.5 Å². The van der Waals surface area contributed by atoms with Crippen LogP contribution < -0.4 is 15.0 Å². The van der Waals surface area contributed by atoms with Crippen LogP contribution in [-0.2, 0) is 6.54 Å². The van der Waals surface area contributed by atoms with Crippen LogP contribution in [0.5, 0.6) is 0 Å². The molecule has 0 atom stereocenters. The maximum Gasteiger partial charge on any atom is 0.159 e. The maximum absolute atomic E-state index is 7.23. The summed E-state index contributed by atoms with van der Waals surface area (Å²) in [5.41, 5.74) is 15.7. The summed E-state index contributed by atoms with van der Waals surface area (Å²) in [4.78, 5) is 5.17. The van der Waals surface area contributed by atoms with Crippen LogP contribution in [0.1, 0.15) is 139 Å². The molecule has 2 fully saturated rings. The zero-order valence-corrected chi connectivity index (χ0v) is 44.7. The molecule has 3 aliphatic rings. The van der Waals surface area contributed by atoms with Crippen molar-refractivity contribution in [2.45, 2.75) is 123 Å². The van der Waals surface area contributed by atoms with E-state index in [9.17, 15) is 0 Å². The number of hydrogen-bond donors (Lipinski definition) is 0. The molecule has 4 nitrogen and oxygen atoms in total. The van der Waals surface area contributed by atoms with E-state index in [2.05, 4.69) is 188 Å². The molecule has 2 saturated carbocycles. The van der Waals surface area contributed by atoms with Crippen LogP contribution >= 0.6 is 20.7 Å². The van der Waals surface area contributed by atoms with Crippen molar-refractivity contribution in [3.63, 3.8) is 0 Å². The lowest BCUT2D eigenvalue weighted by Gasteiger charge is -2.31. The molecule has 10 aromatic rings. The number of allylic oxidation sites excluding steroid dienone is 1. The second kappa shape index (κ2) is 18.7. The van der Waals surface area contributed by atoms with Gasteiger partial charge in [-0.25, -0.2) is 0 Å². The first-order chi connectivity index (χ1) is 35.3. The SMILES string of the molecule is C/C=c1/ccc2c(N(c3ccc(C(C)C)cc3)c3cccc4c3oc3c(C5CCCC5)cccc34)ccc3ccc(CN(C4=IC=C(C(C)C)CC4)c4cccc5c4oc4c(C6CCCC6)cccc45)c1c32. The molecule has 1 aliphatic heterocycles. The molecule has 0 radical (unpaired) electrons. The minimum Gasteiger partial charge on any atom is -0.454 e. The number of hydrogen-bond acceptors (Lipinski definition) is 4. The Hall–Kier alpha value is -6.18. The van der Waals surface area contributed by atoms with Crippen LogP contribution in [0.15, 0.2) is 152 Å². The fraction of sp³-hybridized carbons (Fsp3) is 0.299. The van der Waals surface area contributed by atoms with Gasteiger partial charge in [0.2, 0.25) is 0 Å². The average molecular weight is 1060 g/mol. The minimum absolute atomic E-state index is 0.349. The molecule has 3 heterocycles. The first kappa shape index (κ1) is 45.7. The van der Waals surface area contributed by atoms with Gasteiger partial charge in [0.05, 0.1) is 20.7 Å². The van der Waals surface area contributed by atoms with Gasteiger partial charge in [-0.15, -0.1) is 0 Å². The number of anilines is 4. The fourth-order valence-corrected chi connectivity index (χ4v) is 16.1. The zero-order chi connectivity index (χ0) is 48.6. The van der Waals surface area contributed by atoms with Gasteiger partial charge in [0.15, 0.2) is 11.2 Å². The summed E-state index contributed by atoms with van der Waals surface area (Å²) in [6.07, 6.45) is 14.6. The monoisotopic (exact) mass is 1060 g/mol. The van der Waals surface area contributed by atoms with Gasteiger partial charge in [0.25, 0.3) is 0 Å². The first-order valence-electron chi connectivity index (χ1n) is 27.0. The van der Waals surface area contributed by atoms with Crippen molar-refractivity contribution in [1.82, 2.24) is 0 Å². The van der Waals surface area contributed by atoms with Crippen molar-refractivity contribution >= 4 is 119 Å². The third-order valence-electron chi connectivity index (χ3n) is 16.9. The lowest BCUT2D eigenvalue weighted by molar-refractivity contribution is 0.642. The highest BCUT2D eigenvalue weighted by molar-refractivity contribution is 14.2. The van der Waals surface area contributed by atoms with Gasteiger partial charge < -0.3 is 18.6 Å². The van der Waals surface area contributed by atoms with E-state index in [1.165, 1.54) is 128 Å². The molecule has 362 valence electrons. The van der Waals surface area contributed by atoms with Crippen LogP contribution in [0.3, 0.4) is 0 Å². The molecule has 2 aromatic heterocycles. The lowest BCUT2D eigenvalue weighted by Crippen LogP contribution is -2.30. The van der Waals surface area contributed by atoms with Crippen LogP contribution in [0.2, 0.25) is 0 Å². The molecule has 72 heavy (non-hydrogen) atoms. The number of nitrogens with zero attached hydrogens (tertiary/aromatic N) is 2. The van der Waals surface area contributed by atoms with Gasteiger partial charge in [-0.3, -0.25) is 0 Å². The molecule has 5 heteroatoms. The van der Waals surface area contributed by atoms with Crippen LogP contribution in [-0.4, -0.2) is 3.63 Å². The number of rotatable bonds is 11. The van der Waals surface area contributed by atoms with Crippen molar-refractivity contribution < 1.29 is 8.83 Å². The molecule has 0 amide bonds. The van der Waals surface area contributed by atoms with Gasteiger partial charge in [-0.1, -0.05) is 189 Å². The number of furan rings is 2. The van der Waals surface area contributed by atoms with Crippen molar-refractivity contribution in [2.24, 2.45) is 5.92 Å². The second-order valence-electron chi connectivity index (χ2n) is 21.7.